The van der Waals surface area contributed by atoms with Crippen LogP contribution in [0.15, 0.2) is 24.3 Å². The van der Waals surface area contributed by atoms with Crippen molar-refractivity contribution in [3.63, 3.8) is 0 Å². The van der Waals surface area contributed by atoms with Crippen molar-refractivity contribution in [3.8, 4) is 6.07 Å². The summed E-state index contributed by atoms with van der Waals surface area (Å²) in [4.78, 5) is 10.1. The van der Waals surface area contributed by atoms with Gasteiger partial charge in [0.1, 0.15) is 6.09 Å². The summed E-state index contributed by atoms with van der Waals surface area (Å²) in [5, 5.41) is 20.6. The highest BCUT2D eigenvalue weighted by Crippen LogP contribution is 2.08. The number of carboxylic acid groups (broad SMARTS) is 1. The molecule has 0 unspecified atom stereocenters. The molecule has 0 aliphatic heterocycles. The normalized spacial score (nSPS) is 8.58. The smallest absolute Gasteiger partial charge is 0.138 e. The van der Waals surface area contributed by atoms with Crippen molar-refractivity contribution in [2.75, 3.05) is 5.32 Å². The Balaban J connectivity index is 2.88. The molecule has 12 heavy (non-hydrogen) atoms. The van der Waals surface area contributed by atoms with E-state index in [2.05, 4.69) is 0 Å². The number of hydrogen-bond donors (Lipinski definition) is 1. The lowest BCUT2D eigenvalue weighted by Crippen LogP contribution is -2.28. The lowest BCUT2D eigenvalue weighted by atomic mass is 10.2. The van der Waals surface area contributed by atoms with Crippen LogP contribution < -0.4 is 10.4 Å². The van der Waals surface area contributed by atoms with Gasteiger partial charge in [-0.3, -0.25) is 0 Å². The fourth-order valence-electron chi connectivity index (χ4n) is 0.784. The summed E-state index contributed by atoms with van der Waals surface area (Å²) in [5.74, 6) is 0. The lowest BCUT2D eigenvalue weighted by molar-refractivity contribution is -0.242. The minimum absolute atomic E-state index is 0.342. The Morgan fingerprint density at radius 2 is 2.33 bits per heavy atom. The Bertz CT molecular complexity index is 341. The molecule has 0 saturated heterocycles. The second-order valence-electron chi connectivity index (χ2n) is 2.11. The Labute approximate surface area is 69.1 Å². The molecule has 60 valence electrons. The van der Waals surface area contributed by atoms with Crippen molar-refractivity contribution in [3.05, 3.63) is 29.8 Å². The minimum Gasteiger partial charge on any atom is -0.530 e. The average Bonchev–Trinajstić information content (AvgIpc) is 2.03. The van der Waals surface area contributed by atoms with Crippen LogP contribution in [0.5, 0.6) is 0 Å². The van der Waals surface area contributed by atoms with Gasteiger partial charge in [-0.2, -0.15) is 5.26 Å². The summed E-state index contributed by atoms with van der Waals surface area (Å²) in [5.41, 5.74) is 0.746. The number of hydrogen-bond acceptors (Lipinski definition) is 3. The molecule has 4 nitrogen and oxygen atoms in total. The van der Waals surface area contributed by atoms with Crippen molar-refractivity contribution in [2.45, 2.75) is 0 Å². The van der Waals surface area contributed by atoms with E-state index in [9.17, 15) is 9.90 Å². The molecular weight excluding hydrogens is 156 g/mol. The molecule has 1 aromatic carbocycles. The van der Waals surface area contributed by atoms with Crippen LogP contribution in [0.3, 0.4) is 0 Å². The van der Waals surface area contributed by atoms with Crippen molar-refractivity contribution < 1.29 is 9.90 Å². The zero-order valence-corrected chi connectivity index (χ0v) is 6.07. The Kier molecular flexibility index (Phi) is 2.29. The second-order valence-corrected chi connectivity index (χ2v) is 2.11. The van der Waals surface area contributed by atoms with Gasteiger partial charge in [-0.05, 0) is 18.2 Å². The summed E-state index contributed by atoms with van der Waals surface area (Å²) in [6, 6.07) is 8.02. The van der Waals surface area contributed by atoms with Crippen LogP contribution in [0.25, 0.3) is 0 Å². The van der Waals surface area contributed by atoms with E-state index in [4.69, 9.17) is 5.26 Å². The van der Waals surface area contributed by atoms with Gasteiger partial charge in [-0.1, -0.05) is 6.07 Å². The summed E-state index contributed by atoms with van der Waals surface area (Å²) in [6.45, 7) is 0. The van der Waals surface area contributed by atoms with Gasteiger partial charge < -0.3 is 15.2 Å². The first-order valence-electron chi connectivity index (χ1n) is 3.20. The maximum atomic E-state index is 10.1. The van der Waals surface area contributed by atoms with Crippen LogP contribution in [-0.4, -0.2) is 6.09 Å². The van der Waals surface area contributed by atoms with Gasteiger partial charge in [-0.25, -0.2) is 0 Å². The molecule has 0 radical (unpaired) electrons. The second kappa shape index (κ2) is 3.39. The SMILES string of the molecule is N#Cc1cccc(NC(=O)[O-])c1. The highest BCUT2D eigenvalue weighted by molar-refractivity contribution is 5.81. The first-order valence-corrected chi connectivity index (χ1v) is 3.20. The zero-order chi connectivity index (χ0) is 8.97. The summed E-state index contributed by atoms with van der Waals surface area (Å²) in [6.07, 6.45) is -1.38. The molecule has 0 atom stereocenters. The van der Waals surface area contributed by atoms with E-state index in [-0.39, 0.29) is 0 Å². The van der Waals surface area contributed by atoms with Crippen molar-refractivity contribution in [1.29, 1.82) is 5.26 Å². The molecule has 0 spiro atoms. The zero-order valence-electron chi connectivity index (χ0n) is 6.07. The Morgan fingerprint density at radius 1 is 1.58 bits per heavy atom. The van der Waals surface area contributed by atoms with E-state index in [1.165, 1.54) is 12.1 Å². The molecule has 0 heterocycles. The van der Waals surface area contributed by atoms with Gasteiger partial charge in [0.15, 0.2) is 0 Å². The van der Waals surface area contributed by atoms with Gasteiger partial charge in [0.2, 0.25) is 0 Å². The highest BCUT2D eigenvalue weighted by atomic mass is 16.4. The van der Waals surface area contributed by atoms with Gasteiger partial charge in [0.05, 0.1) is 11.6 Å². The number of nitrogens with one attached hydrogen (secondary N) is 1. The van der Waals surface area contributed by atoms with E-state index >= 15 is 0 Å². The van der Waals surface area contributed by atoms with E-state index in [1.54, 1.807) is 12.1 Å². The van der Waals surface area contributed by atoms with Crippen LogP contribution in [0.4, 0.5) is 10.5 Å². The molecule has 0 aliphatic rings. The number of amides is 1. The third-order valence-corrected chi connectivity index (χ3v) is 1.24. The number of nitrogens with zero attached hydrogens (tertiary/aromatic N) is 1. The number of benzene rings is 1. The Morgan fingerprint density at radius 3 is 2.92 bits per heavy atom. The molecule has 1 amide bonds. The summed E-state index contributed by atoms with van der Waals surface area (Å²) in [7, 11) is 0. The first kappa shape index (κ1) is 8.08. The minimum atomic E-state index is -1.38. The highest BCUT2D eigenvalue weighted by Gasteiger charge is 1.92. The van der Waals surface area contributed by atoms with Crippen LogP contribution in [0.1, 0.15) is 5.56 Å². The Hall–Kier alpha value is -2.02. The number of anilines is 1. The van der Waals surface area contributed by atoms with Gasteiger partial charge in [0.25, 0.3) is 0 Å². The molecule has 0 bridgehead atoms. The molecule has 0 fully saturated rings. The van der Waals surface area contributed by atoms with Crippen LogP contribution in [-0.2, 0) is 0 Å². The van der Waals surface area contributed by atoms with Crippen molar-refractivity contribution in [2.24, 2.45) is 0 Å². The maximum absolute atomic E-state index is 10.1. The molecule has 0 saturated carbocycles. The van der Waals surface area contributed by atoms with Crippen LogP contribution >= 0.6 is 0 Å². The predicted molar refractivity (Wildman–Crippen MR) is 40.2 cm³/mol. The van der Waals surface area contributed by atoms with Gasteiger partial charge in [0, 0.05) is 5.69 Å². The quantitative estimate of drug-likeness (QED) is 0.644. The van der Waals surface area contributed by atoms with E-state index in [1.807, 2.05) is 11.4 Å². The van der Waals surface area contributed by atoms with Crippen molar-refractivity contribution in [1.82, 2.24) is 0 Å². The molecule has 0 aliphatic carbocycles. The molecular formula is C8H5N2O2-. The molecule has 1 rings (SSSR count). The molecule has 4 heteroatoms. The topological polar surface area (TPSA) is 76.0 Å². The van der Waals surface area contributed by atoms with E-state index < -0.39 is 6.09 Å². The largest absolute Gasteiger partial charge is 0.530 e. The number of nitriles is 1. The first-order chi connectivity index (χ1) is 5.72. The average molecular weight is 161 g/mol. The standard InChI is InChI=1S/C8H6N2O2/c9-5-6-2-1-3-7(4-6)10-8(11)12/h1-4,10H,(H,11,12)/p-1. The predicted octanol–water partition coefficient (Wildman–Crippen LogP) is 0.313. The molecule has 0 aromatic heterocycles. The number of carbonyl (C=O) groups is 1. The third kappa shape index (κ3) is 1.99. The van der Waals surface area contributed by atoms with Crippen LogP contribution in [0.2, 0.25) is 0 Å². The van der Waals surface area contributed by atoms with Gasteiger partial charge >= 0.3 is 0 Å². The summed E-state index contributed by atoms with van der Waals surface area (Å²) >= 11 is 0. The third-order valence-electron chi connectivity index (χ3n) is 1.24. The maximum Gasteiger partial charge on any atom is 0.138 e. The summed E-state index contributed by atoms with van der Waals surface area (Å²) < 4.78 is 0. The number of carbonyl (C=O) groups excluding carboxylic acids is 1. The van der Waals surface area contributed by atoms with Crippen molar-refractivity contribution >= 4 is 11.8 Å². The fraction of sp³-hybridized carbons (Fsp3) is 0. The lowest BCUT2D eigenvalue weighted by Gasteiger charge is -2.05. The van der Waals surface area contributed by atoms with Gasteiger partial charge in [-0.15, -0.1) is 0 Å². The molecule has 1 aromatic rings. The molecule has 1 N–H and O–H groups in total. The monoisotopic (exact) mass is 161 g/mol. The van der Waals surface area contributed by atoms with E-state index in [0.29, 0.717) is 11.3 Å². The van der Waals surface area contributed by atoms with Crippen LogP contribution in [0, 0.1) is 11.3 Å². The van der Waals surface area contributed by atoms with E-state index in [0.717, 1.165) is 0 Å². The number of rotatable bonds is 1. The fourth-order valence-corrected chi connectivity index (χ4v) is 0.784.